The molecule has 0 radical (unpaired) electrons. The Kier molecular flexibility index (Phi) is 4.02. The fourth-order valence-corrected chi connectivity index (χ4v) is 3.20. The number of hydrogen-bond acceptors (Lipinski definition) is 5. The number of nitrogens with one attached hydrogen (secondary N) is 1. The van der Waals surface area contributed by atoms with Crippen molar-refractivity contribution >= 4 is 15.7 Å². The summed E-state index contributed by atoms with van der Waals surface area (Å²) < 4.78 is 39.6. The van der Waals surface area contributed by atoms with E-state index >= 15 is 0 Å². The summed E-state index contributed by atoms with van der Waals surface area (Å²) in [5.74, 6) is -1.04. The molecule has 0 heterocycles. The van der Waals surface area contributed by atoms with Crippen LogP contribution in [0.25, 0.3) is 0 Å². The normalized spacial score (nSPS) is 22.3. The van der Waals surface area contributed by atoms with Crippen LogP contribution in [0.5, 0.6) is 0 Å². The number of aliphatic hydroxyl groups excluding tert-OH is 1. The van der Waals surface area contributed by atoms with Crippen molar-refractivity contribution in [2.24, 2.45) is 5.92 Å². The summed E-state index contributed by atoms with van der Waals surface area (Å²) in [7, 11) is -4.15. The SMILES string of the molecule is O=[N+]([O-])c1ccc(F)c(S(=O)(=O)NCC2CC(O)C2)c1. The van der Waals surface area contributed by atoms with Crippen molar-refractivity contribution in [3.05, 3.63) is 34.1 Å². The molecule has 0 aromatic heterocycles. The molecule has 1 aromatic carbocycles. The van der Waals surface area contributed by atoms with Crippen LogP contribution in [0, 0.1) is 21.8 Å². The third kappa shape index (κ3) is 3.11. The molecule has 0 unspecified atom stereocenters. The number of aliphatic hydroxyl groups is 1. The van der Waals surface area contributed by atoms with Gasteiger partial charge in [0.15, 0.2) is 0 Å². The van der Waals surface area contributed by atoms with E-state index in [-0.39, 0.29) is 12.5 Å². The van der Waals surface area contributed by atoms with Crippen molar-refractivity contribution in [2.75, 3.05) is 6.54 Å². The van der Waals surface area contributed by atoms with Gasteiger partial charge in [0, 0.05) is 18.7 Å². The van der Waals surface area contributed by atoms with Gasteiger partial charge in [-0.2, -0.15) is 0 Å². The van der Waals surface area contributed by atoms with E-state index in [1.807, 2.05) is 0 Å². The van der Waals surface area contributed by atoms with Crippen molar-refractivity contribution in [3.8, 4) is 0 Å². The number of rotatable bonds is 5. The van der Waals surface area contributed by atoms with Crippen LogP contribution in [-0.2, 0) is 10.0 Å². The number of non-ortho nitro benzene ring substituents is 1. The maximum atomic E-state index is 13.5. The van der Waals surface area contributed by atoms with E-state index in [0.717, 1.165) is 12.1 Å². The minimum Gasteiger partial charge on any atom is -0.393 e. The van der Waals surface area contributed by atoms with Gasteiger partial charge in [-0.05, 0) is 24.8 Å². The highest BCUT2D eigenvalue weighted by atomic mass is 32.2. The standard InChI is InChI=1S/C11H13FN2O5S/c12-10-2-1-8(14(16)17)5-11(10)20(18,19)13-6-7-3-9(15)4-7/h1-2,5,7,9,13,15H,3-4,6H2. The van der Waals surface area contributed by atoms with Crippen molar-refractivity contribution in [3.63, 3.8) is 0 Å². The topological polar surface area (TPSA) is 110 Å². The molecular formula is C11H13FN2O5S. The van der Waals surface area contributed by atoms with E-state index in [0.29, 0.717) is 18.9 Å². The Morgan fingerprint density at radius 2 is 2.10 bits per heavy atom. The van der Waals surface area contributed by atoms with Gasteiger partial charge in [0.2, 0.25) is 10.0 Å². The minimum atomic E-state index is -4.15. The van der Waals surface area contributed by atoms with E-state index < -0.39 is 37.5 Å². The monoisotopic (exact) mass is 304 g/mol. The molecule has 1 aliphatic carbocycles. The lowest BCUT2D eigenvalue weighted by Crippen LogP contribution is -2.38. The highest BCUT2D eigenvalue weighted by Gasteiger charge is 2.29. The fourth-order valence-electron chi connectivity index (χ4n) is 1.98. The highest BCUT2D eigenvalue weighted by Crippen LogP contribution is 2.27. The lowest BCUT2D eigenvalue weighted by molar-refractivity contribution is -0.385. The summed E-state index contributed by atoms with van der Waals surface area (Å²) in [6.07, 6.45) is 0.555. The minimum absolute atomic E-state index is 0.00142. The number of nitrogens with zero attached hydrogens (tertiary/aromatic N) is 1. The summed E-state index contributed by atoms with van der Waals surface area (Å²) in [5.41, 5.74) is -0.495. The summed E-state index contributed by atoms with van der Waals surface area (Å²) in [5, 5.41) is 19.7. The van der Waals surface area contributed by atoms with Crippen LogP contribution in [-0.4, -0.2) is 31.1 Å². The predicted molar refractivity (Wildman–Crippen MR) is 67.0 cm³/mol. The molecule has 1 aromatic rings. The van der Waals surface area contributed by atoms with Gasteiger partial charge in [-0.15, -0.1) is 0 Å². The summed E-state index contributed by atoms with van der Waals surface area (Å²) in [6, 6.07) is 2.34. The molecule has 0 saturated heterocycles. The molecule has 0 aliphatic heterocycles. The van der Waals surface area contributed by atoms with Gasteiger partial charge in [0.1, 0.15) is 10.7 Å². The number of nitro groups is 1. The Labute approximate surface area is 114 Å². The average molecular weight is 304 g/mol. The first-order valence-corrected chi connectivity index (χ1v) is 7.39. The molecule has 0 bridgehead atoms. The van der Waals surface area contributed by atoms with Crippen molar-refractivity contribution in [1.29, 1.82) is 0 Å². The first-order valence-electron chi connectivity index (χ1n) is 5.91. The van der Waals surface area contributed by atoms with Crippen LogP contribution in [0.4, 0.5) is 10.1 Å². The average Bonchev–Trinajstić information content (AvgIpc) is 2.33. The maximum Gasteiger partial charge on any atom is 0.270 e. The van der Waals surface area contributed by atoms with Crippen LogP contribution in [0.3, 0.4) is 0 Å². The highest BCUT2D eigenvalue weighted by molar-refractivity contribution is 7.89. The fraction of sp³-hybridized carbons (Fsp3) is 0.455. The lowest BCUT2D eigenvalue weighted by Gasteiger charge is -2.31. The first-order chi connectivity index (χ1) is 9.29. The largest absolute Gasteiger partial charge is 0.393 e. The van der Waals surface area contributed by atoms with Crippen LogP contribution < -0.4 is 4.72 Å². The van der Waals surface area contributed by atoms with E-state index in [1.165, 1.54) is 0 Å². The Hall–Kier alpha value is -1.58. The summed E-state index contributed by atoms with van der Waals surface area (Å²) in [4.78, 5) is 9.05. The molecule has 20 heavy (non-hydrogen) atoms. The molecule has 2 N–H and O–H groups in total. The van der Waals surface area contributed by atoms with Crippen LogP contribution >= 0.6 is 0 Å². The van der Waals surface area contributed by atoms with Gasteiger partial charge in [-0.1, -0.05) is 0 Å². The number of hydrogen-bond donors (Lipinski definition) is 2. The van der Waals surface area contributed by atoms with Crippen LogP contribution in [0.1, 0.15) is 12.8 Å². The van der Waals surface area contributed by atoms with Gasteiger partial charge >= 0.3 is 0 Å². The van der Waals surface area contributed by atoms with E-state index in [2.05, 4.69) is 4.72 Å². The lowest BCUT2D eigenvalue weighted by atomic mass is 9.83. The Balaban J connectivity index is 2.16. The molecule has 0 amide bonds. The first kappa shape index (κ1) is 14.8. The van der Waals surface area contributed by atoms with Crippen molar-refractivity contribution in [1.82, 2.24) is 4.72 Å². The molecule has 1 fully saturated rings. The molecule has 0 atom stereocenters. The number of halogens is 1. The predicted octanol–water partition coefficient (Wildman–Crippen LogP) is 0.783. The van der Waals surface area contributed by atoms with Crippen LogP contribution in [0.15, 0.2) is 23.1 Å². The molecule has 9 heteroatoms. The maximum absolute atomic E-state index is 13.5. The van der Waals surface area contributed by atoms with E-state index in [4.69, 9.17) is 5.11 Å². The number of nitro benzene ring substituents is 1. The molecule has 7 nitrogen and oxygen atoms in total. The van der Waals surface area contributed by atoms with Crippen molar-refractivity contribution in [2.45, 2.75) is 23.8 Å². The Morgan fingerprint density at radius 1 is 1.45 bits per heavy atom. The zero-order chi connectivity index (χ0) is 14.9. The zero-order valence-electron chi connectivity index (χ0n) is 10.3. The van der Waals surface area contributed by atoms with Crippen LogP contribution in [0.2, 0.25) is 0 Å². The third-order valence-electron chi connectivity index (χ3n) is 3.19. The smallest absolute Gasteiger partial charge is 0.270 e. The molecule has 1 saturated carbocycles. The molecule has 110 valence electrons. The number of benzene rings is 1. The van der Waals surface area contributed by atoms with Gasteiger partial charge in [0.05, 0.1) is 11.0 Å². The summed E-state index contributed by atoms with van der Waals surface area (Å²) >= 11 is 0. The zero-order valence-corrected chi connectivity index (χ0v) is 11.1. The Morgan fingerprint density at radius 3 is 2.65 bits per heavy atom. The van der Waals surface area contributed by atoms with E-state index in [1.54, 1.807) is 0 Å². The number of sulfonamides is 1. The molecular weight excluding hydrogens is 291 g/mol. The van der Waals surface area contributed by atoms with Gasteiger partial charge in [-0.25, -0.2) is 17.5 Å². The molecule has 0 spiro atoms. The Bertz CT molecular complexity index is 628. The quantitative estimate of drug-likeness (QED) is 0.617. The van der Waals surface area contributed by atoms with Gasteiger partial charge in [-0.3, -0.25) is 10.1 Å². The second kappa shape index (κ2) is 5.43. The van der Waals surface area contributed by atoms with E-state index in [9.17, 15) is 22.9 Å². The van der Waals surface area contributed by atoms with Gasteiger partial charge < -0.3 is 5.11 Å². The molecule has 1 aliphatic rings. The summed E-state index contributed by atoms with van der Waals surface area (Å²) in [6.45, 7) is 0.0710. The second-order valence-electron chi connectivity index (χ2n) is 4.71. The molecule has 2 rings (SSSR count). The van der Waals surface area contributed by atoms with Gasteiger partial charge in [0.25, 0.3) is 5.69 Å². The second-order valence-corrected chi connectivity index (χ2v) is 6.45. The third-order valence-corrected chi connectivity index (χ3v) is 4.63. The van der Waals surface area contributed by atoms with Crippen molar-refractivity contribution < 1.29 is 22.8 Å².